The number of nitrogens with one attached hydrogen (secondary N) is 1. The molecule has 0 atom stereocenters. The highest BCUT2D eigenvalue weighted by molar-refractivity contribution is 6.22. The molecular formula is C19H16N2O5. The van der Waals surface area contributed by atoms with E-state index in [-0.39, 0.29) is 22.6 Å². The summed E-state index contributed by atoms with van der Waals surface area (Å²) in [6.07, 6.45) is 0.658. The fourth-order valence-electron chi connectivity index (χ4n) is 2.76. The number of carboxylic acids is 1. The van der Waals surface area contributed by atoms with Gasteiger partial charge in [0.2, 0.25) is 0 Å². The van der Waals surface area contributed by atoms with Crippen LogP contribution in [0.25, 0.3) is 0 Å². The number of amides is 3. The Morgan fingerprint density at radius 2 is 1.58 bits per heavy atom. The normalized spacial score (nSPS) is 12.9. The zero-order chi connectivity index (χ0) is 18.8. The highest BCUT2D eigenvalue weighted by Crippen LogP contribution is 2.24. The maximum absolute atomic E-state index is 12.4. The number of anilines is 1. The molecule has 7 nitrogen and oxygen atoms in total. The highest BCUT2D eigenvalue weighted by atomic mass is 16.4. The number of benzene rings is 2. The van der Waals surface area contributed by atoms with Crippen LogP contribution in [0.15, 0.2) is 42.5 Å². The second-order valence-corrected chi connectivity index (χ2v) is 5.86. The van der Waals surface area contributed by atoms with Crippen molar-refractivity contribution in [3.63, 3.8) is 0 Å². The minimum absolute atomic E-state index is 0.112. The molecule has 0 fully saturated rings. The first-order valence-electron chi connectivity index (χ1n) is 8.07. The molecule has 0 saturated carbocycles. The van der Waals surface area contributed by atoms with Gasteiger partial charge >= 0.3 is 5.97 Å². The van der Waals surface area contributed by atoms with Crippen LogP contribution < -0.4 is 5.32 Å². The number of aromatic carboxylic acids is 1. The quantitative estimate of drug-likeness (QED) is 0.805. The van der Waals surface area contributed by atoms with Crippen molar-refractivity contribution < 1.29 is 24.3 Å². The fourth-order valence-corrected chi connectivity index (χ4v) is 2.76. The topological polar surface area (TPSA) is 104 Å². The van der Waals surface area contributed by atoms with Crippen LogP contribution in [0.5, 0.6) is 0 Å². The number of hydrogen-bond acceptors (Lipinski definition) is 4. The molecule has 132 valence electrons. The molecule has 0 bridgehead atoms. The Bertz CT molecular complexity index is 918. The first-order valence-corrected chi connectivity index (χ1v) is 8.07. The lowest BCUT2D eigenvalue weighted by atomic mass is 10.1. The number of imide groups is 1. The standard InChI is InChI=1S/C19H16N2O5/c1-2-9-21-17(23)14-8-5-12(10-15(14)18(21)24)16(22)20-13-6-3-11(4-7-13)19(25)26/h3-8,10H,2,9H2,1H3,(H,20,22)(H,25,26). The van der Waals surface area contributed by atoms with E-state index >= 15 is 0 Å². The molecule has 0 saturated heterocycles. The number of rotatable bonds is 5. The Morgan fingerprint density at radius 3 is 2.19 bits per heavy atom. The predicted octanol–water partition coefficient (Wildman–Crippen LogP) is 2.64. The third kappa shape index (κ3) is 3.06. The summed E-state index contributed by atoms with van der Waals surface area (Å²) in [6.45, 7) is 2.21. The van der Waals surface area contributed by atoms with E-state index in [1.165, 1.54) is 47.4 Å². The summed E-state index contributed by atoms with van der Waals surface area (Å²) in [5, 5.41) is 11.5. The minimum Gasteiger partial charge on any atom is -0.478 e. The molecule has 1 aliphatic heterocycles. The average molecular weight is 352 g/mol. The fraction of sp³-hybridized carbons (Fsp3) is 0.158. The van der Waals surface area contributed by atoms with Crippen LogP contribution in [-0.4, -0.2) is 40.2 Å². The number of hydrogen-bond donors (Lipinski definition) is 2. The molecule has 26 heavy (non-hydrogen) atoms. The molecule has 0 aromatic heterocycles. The Hall–Kier alpha value is -3.48. The van der Waals surface area contributed by atoms with E-state index in [2.05, 4.69) is 5.32 Å². The molecule has 2 aromatic rings. The van der Waals surface area contributed by atoms with Gasteiger partial charge in [-0.15, -0.1) is 0 Å². The molecule has 7 heteroatoms. The number of nitrogens with zero attached hydrogens (tertiary/aromatic N) is 1. The van der Waals surface area contributed by atoms with Crippen LogP contribution in [0.3, 0.4) is 0 Å². The monoisotopic (exact) mass is 352 g/mol. The predicted molar refractivity (Wildman–Crippen MR) is 93.5 cm³/mol. The summed E-state index contributed by atoms with van der Waals surface area (Å²) in [5.74, 6) is -2.25. The van der Waals surface area contributed by atoms with Gasteiger partial charge in [-0.2, -0.15) is 0 Å². The maximum Gasteiger partial charge on any atom is 0.335 e. The lowest BCUT2D eigenvalue weighted by Gasteiger charge is -2.11. The molecule has 0 unspecified atom stereocenters. The van der Waals surface area contributed by atoms with E-state index in [9.17, 15) is 19.2 Å². The van der Waals surface area contributed by atoms with Crippen molar-refractivity contribution in [2.75, 3.05) is 11.9 Å². The van der Waals surface area contributed by atoms with Crippen molar-refractivity contribution in [2.24, 2.45) is 0 Å². The van der Waals surface area contributed by atoms with Gasteiger partial charge in [0.15, 0.2) is 0 Å². The third-order valence-electron chi connectivity index (χ3n) is 4.07. The van der Waals surface area contributed by atoms with Crippen molar-refractivity contribution in [2.45, 2.75) is 13.3 Å². The van der Waals surface area contributed by atoms with Gasteiger partial charge in [0.25, 0.3) is 17.7 Å². The maximum atomic E-state index is 12.4. The molecule has 3 amide bonds. The highest BCUT2D eigenvalue weighted by Gasteiger charge is 2.35. The van der Waals surface area contributed by atoms with Gasteiger partial charge in [0.05, 0.1) is 16.7 Å². The first kappa shape index (κ1) is 17.3. The Kier molecular flexibility index (Phi) is 4.53. The minimum atomic E-state index is -1.05. The van der Waals surface area contributed by atoms with E-state index < -0.39 is 17.8 Å². The van der Waals surface area contributed by atoms with Gasteiger partial charge in [-0.3, -0.25) is 19.3 Å². The van der Waals surface area contributed by atoms with Crippen molar-refractivity contribution in [1.29, 1.82) is 0 Å². The van der Waals surface area contributed by atoms with Crippen LogP contribution in [-0.2, 0) is 0 Å². The molecule has 2 aromatic carbocycles. The van der Waals surface area contributed by atoms with Crippen LogP contribution in [0.2, 0.25) is 0 Å². The summed E-state index contributed by atoms with van der Waals surface area (Å²) in [6, 6.07) is 10.1. The zero-order valence-electron chi connectivity index (χ0n) is 14.0. The SMILES string of the molecule is CCCN1C(=O)c2ccc(C(=O)Nc3ccc(C(=O)O)cc3)cc2C1=O. The van der Waals surface area contributed by atoms with E-state index in [0.29, 0.717) is 24.2 Å². The van der Waals surface area contributed by atoms with Crippen molar-refractivity contribution in [3.05, 3.63) is 64.7 Å². The van der Waals surface area contributed by atoms with Crippen molar-refractivity contribution >= 4 is 29.4 Å². The van der Waals surface area contributed by atoms with Crippen molar-refractivity contribution in [3.8, 4) is 0 Å². The second kappa shape index (κ2) is 6.79. The van der Waals surface area contributed by atoms with Crippen LogP contribution >= 0.6 is 0 Å². The lowest BCUT2D eigenvalue weighted by Crippen LogP contribution is -2.30. The van der Waals surface area contributed by atoms with Crippen LogP contribution in [0, 0.1) is 0 Å². The Balaban J connectivity index is 1.81. The molecule has 0 aliphatic carbocycles. The molecule has 2 N–H and O–H groups in total. The van der Waals surface area contributed by atoms with E-state index in [1.807, 2.05) is 6.92 Å². The van der Waals surface area contributed by atoms with E-state index in [1.54, 1.807) is 0 Å². The summed E-state index contributed by atoms with van der Waals surface area (Å²) in [7, 11) is 0. The van der Waals surface area contributed by atoms with Crippen LogP contribution in [0.4, 0.5) is 5.69 Å². The van der Waals surface area contributed by atoms with E-state index in [4.69, 9.17) is 5.11 Å². The van der Waals surface area contributed by atoms with Gasteiger partial charge in [0, 0.05) is 17.8 Å². The molecule has 0 spiro atoms. The number of carbonyl (C=O) groups excluding carboxylic acids is 3. The van der Waals surface area contributed by atoms with E-state index in [0.717, 1.165) is 0 Å². The summed E-state index contributed by atoms with van der Waals surface area (Å²) in [5.41, 5.74) is 1.30. The summed E-state index contributed by atoms with van der Waals surface area (Å²) in [4.78, 5) is 49.0. The smallest absolute Gasteiger partial charge is 0.335 e. The molecule has 3 rings (SSSR count). The lowest BCUT2D eigenvalue weighted by molar-refractivity contribution is 0.0650. The van der Waals surface area contributed by atoms with Gasteiger partial charge < -0.3 is 10.4 Å². The summed E-state index contributed by atoms with van der Waals surface area (Å²) >= 11 is 0. The second-order valence-electron chi connectivity index (χ2n) is 5.86. The third-order valence-corrected chi connectivity index (χ3v) is 4.07. The average Bonchev–Trinajstić information content (AvgIpc) is 2.87. The molecule has 1 aliphatic rings. The molecule has 0 radical (unpaired) electrons. The molecular weight excluding hydrogens is 336 g/mol. The largest absolute Gasteiger partial charge is 0.478 e. The first-order chi connectivity index (χ1) is 12.4. The Morgan fingerprint density at radius 1 is 0.962 bits per heavy atom. The molecule has 1 heterocycles. The van der Waals surface area contributed by atoms with Gasteiger partial charge in [-0.05, 0) is 48.9 Å². The number of fused-ring (bicyclic) bond motifs is 1. The number of carboxylic acid groups (broad SMARTS) is 1. The number of carbonyl (C=O) groups is 4. The van der Waals surface area contributed by atoms with Gasteiger partial charge in [-0.1, -0.05) is 6.92 Å². The zero-order valence-corrected chi connectivity index (χ0v) is 14.0. The van der Waals surface area contributed by atoms with Crippen LogP contribution in [0.1, 0.15) is 54.8 Å². The van der Waals surface area contributed by atoms with Gasteiger partial charge in [-0.25, -0.2) is 4.79 Å². The Labute approximate surface area is 149 Å². The summed E-state index contributed by atoms with van der Waals surface area (Å²) < 4.78 is 0. The van der Waals surface area contributed by atoms with Gasteiger partial charge in [0.1, 0.15) is 0 Å². The van der Waals surface area contributed by atoms with Crippen molar-refractivity contribution in [1.82, 2.24) is 4.90 Å².